The lowest BCUT2D eigenvalue weighted by molar-refractivity contribution is 0.0881. The molecule has 19 heavy (non-hydrogen) atoms. The highest BCUT2D eigenvalue weighted by atomic mass is 16.5. The van der Waals surface area contributed by atoms with Crippen LogP contribution in [-0.2, 0) is 11.3 Å². The van der Waals surface area contributed by atoms with Gasteiger partial charge in [0.2, 0.25) is 0 Å². The Kier molecular flexibility index (Phi) is 4.01. The number of aromatic nitrogens is 1. The highest BCUT2D eigenvalue weighted by Crippen LogP contribution is 2.25. The van der Waals surface area contributed by atoms with E-state index in [0.29, 0.717) is 12.2 Å². The van der Waals surface area contributed by atoms with Crippen molar-refractivity contribution < 1.29 is 9.94 Å². The van der Waals surface area contributed by atoms with Gasteiger partial charge in [-0.2, -0.15) is 0 Å². The van der Waals surface area contributed by atoms with Gasteiger partial charge in [0.05, 0.1) is 6.10 Å². The van der Waals surface area contributed by atoms with Crippen LogP contribution in [0.5, 0.6) is 0 Å². The monoisotopic (exact) mass is 264 g/mol. The van der Waals surface area contributed by atoms with Crippen molar-refractivity contribution in [2.75, 3.05) is 6.61 Å². The van der Waals surface area contributed by atoms with E-state index in [1.54, 1.807) is 6.20 Å². The second-order valence-electron chi connectivity index (χ2n) is 5.07. The first-order valence-corrected chi connectivity index (χ1v) is 6.34. The third-order valence-corrected chi connectivity index (χ3v) is 3.78. The highest BCUT2D eigenvalue weighted by Gasteiger charge is 2.36. The van der Waals surface area contributed by atoms with E-state index in [4.69, 9.17) is 15.7 Å². The van der Waals surface area contributed by atoms with E-state index < -0.39 is 0 Å². The summed E-state index contributed by atoms with van der Waals surface area (Å²) in [6, 6.07) is 3.72. The molecule has 0 radical (unpaired) electrons. The van der Waals surface area contributed by atoms with Gasteiger partial charge in [0, 0.05) is 24.9 Å². The second kappa shape index (κ2) is 5.54. The Balaban J connectivity index is 2.04. The highest BCUT2D eigenvalue weighted by molar-refractivity contribution is 5.95. The molecule has 1 fully saturated rings. The summed E-state index contributed by atoms with van der Waals surface area (Å²) in [7, 11) is 0. The van der Waals surface area contributed by atoms with E-state index in [1.165, 1.54) is 0 Å². The van der Waals surface area contributed by atoms with E-state index in [1.807, 2.05) is 12.1 Å². The van der Waals surface area contributed by atoms with E-state index in [0.717, 1.165) is 18.6 Å². The number of nitrogens with zero attached hydrogens (tertiary/aromatic N) is 2. The summed E-state index contributed by atoms with van der Waals surface area (Å²) in [6.45, 7) is 5.72. The van der Waals surface area contributed by atoms with Gasteiger partial charge in [0.15, 0.2) is 5.84 Å². The molecular formula is C13H20N4O2. The Bertz CT molecular complexity index is 477. The van der Waals surface area contributed by atoms with Gasteiger partial charge in [-0.3, -0.25) is 4.98 Å². The number of nitrogens with one attached hydrogen (secondary N) is 1. The molecule has 4 N–H and O–H groups in total. The smallest absolute Gasteiger partial charge is 0.188 e. The van der Waals surface area contributed by atoms with Crippen LogP contribution in [0.15, 0.2) is 23.5 Å². The van der Waals surface area contributed by atoms with Crippen molar-refractivity contribution in [3.8, 4) is 0 Å². The van der Waals surface area contributed by atoms with E-state index in [2.05, 4.69) is 29.3 Å². The van der Waals surface area contributed by atoms with E-state index in [9.17, 15) is 0 Å². The topological polar surface area (TPSA) is 92.8 Å². The summed E-state index contributed by atoms with van der Waals surface area (Å²) in [5, 5.41) is 15.1. The predicted octanol–water partition coefficient (Wildman–Crippen LogP) is 0.833. The molecule has 1 aromatic rings. The molecule has 1 aliphatic rings. The molecule has 6 heteroatoms. The molecule has 1 aromatic heterocycles. The van der Waals surface area contributed by atoms with Gasteiger partial charge in [-0.1, -0.05) is 5.16 Å². The number of rotatable bonds is 4. The van der Waals surface area contributed by atoms with Crippen LogP contribution in [0.4, 0.5) is 0 Å². The molecule has 0 amide bonds. The fraction of sp³-hybridized carbons (Fsp3) is 0.538. The first-order chi connectivity index (χ1) is 9.05. The minimum absolute atomic E-state index is 0.0138. The van der Waals surface area contributed by atoms with Gasteiger partial charge in [-0.05, 0) is 38.0 Å². The standard InChI is InChI=1S/C13H20N4O2/c1-9-13(2,4-6-19-9)16-8-10-3-5-15-11(7-10)12(14)17-18/h3,5,7,9,16,18H,4,6,8H2,1-2H3,(H2,14,17). The van der Waals surface area contributed by atoms with Gasteiger partial charge >= 0.3 is 0 Å². The molecule has 0 aliphatic carbocycles. The molecule has 1 aliphatic heterocycles. The molecule has 104 valence electrons. The lowest BCUT2D eigenvalue weighted by Gasteiger charge is -2.29. The number of nitrogens with two attached hydrogens (primary N) is 1. The normalized spacial score (nSPS) is 27.7. The number of hydrogen-bond acceptors (Lipinski definition) is 5. The summed E-state index contributed by atoms with van der Waals surface area (Å²) in [6.07, 6.45) is 2.84. The Morgan fingerprint density at radius 1 is 1.74 bits per heavy atom. The Hall–Kier alpha value is -1.66. The maximum absolute atomic E-state index is 8.65. The Labute approximate surface area is 112 Å². The third kappa shape index (κ3) is 3.02. The van der Waals surface area contributed by atoms with Gasteiger partial charge < -0.3 is 21.0 Å². The Morgan fingerprint density at radius 2 is 2.53 bits per heavy atom. The maximum atomic E-state index is 8.65. The first kappa shape index (κ1) is 13.8. The predicted molar refractivity (Wildman–Crippen MR) is 72.0 cm³/mol. The molecule has 6 nitrogen and oxygen atoms in total. The van der Waals surface area contributed by atoms with E-state index >= 15 is 0 Å². The van der Waals surface area contributed by atoms with Gasteiger partial charge in [0.1, 0.15) is 5.69 Å². The zero-order valence-corrected chi connectivity index (χ0v) is 11.3. The molecule has 2 rings (SSSR count). The Morgan fingerprint density at radius 3 is 3.16 bits per heavy atom. The molecular weight excluding hydrogens is 244 g/mol. The van der Waals surface area contributed by atoms with Gasteiger partial charge in [-0.25, -0.2) is 0 Å². The van der Waals surface area contributed by atoms with Crippen molar-refractivity contribution in [1.82, 2.24) is 10.3 Å². The summed E-state index contributed by atoms with van der Waals surface area (Å²) in [4.78, 5) is 4.05. The van der Waals surface area contributed by atoms with Crippen LogP contribution in [0.1, 0.15) is 31.5 Å². The van der Waals surface area contributed by atoms with Crippen molar-refractivity contribution in [1.29, 1.82) is 0 Å². The van der Waals surface area contributed by atoms with Crippen LogP contribution in [0.3, 0.4) is 0 Å². The van der Waals surface area contributed by atoms with Gasteiger partial charge in [-0.15, -0.1) is 0 Å². The molecule has 0 aromatic carbocycles. The minimum atomic E-state index is -0.0138. The van der Waals surface area contributed by atoms with E-state index in [-0.39, 0.29) is 17.5 Å². The van der Waals surface area contributed by atoms with Crippen LogP contribution in [0.25, 0.3) is 0 Å². The summed E-state index contributed by atoms with van der Waals surface area (Å²) in [5.74, 6) is 0.0191. The molecule has 0 spiro atoms. The number of oxime groups is 1. The third-order valence-electron chi connectivity index (χ3n) is 3.78. The maximum Gasteiger partial charge on any atom is 0.188 e. The second-order valence-corrected chi connectivity index (χ2v) is 5.07. The minimum Gasteiger partial charge on any atom is -0.409 e. The average Bonchev–Trinajstić information content (AvgIpc) is 2.76. The SMILES string of the molecule is CC1OCCC1(C)NCc1ccnc(/C(N)=N/O)c1. The molecule has 2 atom stereocenters. The summed E-state index contributed by atoms with van der Waals surface area (Å²) < 4.78 is 5.59. The number of hydrogen-bond donors (Lipinski definition) is 3. The average molecular weight is 264 g/mol. The number of pyridine rings is 1. The molecule has 0 saturated carbocycles. The van der Waals surface area contributed by atoms with Crippen LogP contribution in [0.2, 0.25) is 0 Å². The molecule has 2 heterocycles. The summed E-state index contributed by atoms with van der Waals surface area (Å²) in [5.41, 5.74) is 7.03. The lowest BCUT2D eigenvalue weighted by atomic mass is 9.94. The van der Waals surface area contributed by atoms with Crippen molar-refractivity contribution in [3.63, 3.8) is 0 Å². The zero-order chi connectivity index (χ0) is 13.9. The number of ether oxygens (including phenoxy) is 1. The quantitative estimate of drug-likeness (QED) is 0.324. The van der Waals surface area contributed by atoms with Crippen molar-refractivity contribution in [2.24, 2.45) is 10.9 Å². The fourth-order valence-electron chi connectivity index (χ4n) is 2.15. The fourth-order valence-corrected chi connectivity index (χ4v) is 2.15. The molecule has 2 unspecified atom stereocenters. The van der Waals surface area contributed by atoms with Crippen LogP contribution in [0, 0.1) is 0 Å². The van der Waals surface area contributed by atoms with Crippen LogP contribution >= 0.6 is 0 Å². The largest absolute Gasteiger partial charge is 0.409 e. The molecule has 0 bridgehead atoms. The lowest BCUT2D eigenvalue weighted by Crippen LogP contribution is -2.47. The summed E-state index contributed by atoms with van der Waals surface area (Å²) >= 11 is 0. The van der Waals surface area contributed by atoms with Crippen molar-refractivity contribution in [3.05, 3.63) is 29.6 Å². The molecule has 1 saturated heterocycles. The zero-order valence-electron chi connectivity index (χ0n) is 11.3. The van der Waals surface area contributed by atoms with Crippen molar-refractivity contribution >= 4 is 5.84 Å². The van der Waals surface area contributed by atoms with Crippen molar-refractivity contribution in [2.45, 2.75) is 38.5 Å². The van der Waals surface area contributed by atoms with Crippen LogP contribution in [-0.4, -0.2) is 34.3 Å². The number of amidine groups is 1. The van der Waals surface area contributed by atoms with Gasteiger partial charge in [0.25, 0.3) is 0 Å². The van der Waals surface area contributed by atoms with Crippen LogP contribution < -0.4 is 11.1 Å². The first-order valence-electron chi connectivity index (χ1n) is 6.34.